The molecule has 76 valence electrons. The van der Waals surface area contributed by atoms with Crippen LogP contribution in [0.25, 0.3) is 0 Å². The highest BCUT2D eigenvalue weighted by molar-refractivity contribution is 5.63. The van der Waals surface area contributed by atoms with Crippen LogP contribution in [0.3, 0.4) is 0 Å². The van der Waals surface area contributed by atoms with Crippen molar-refractivity contribution in [1.82, 2.24) is 9.97 Å². The second-order valence-corrected chi connectivity index (χ2v) is 3.23. The Morgan fingerprint density at radius 1 is 1.20 bits per heavy atom. The Morgan fingerprint density at radius 2 is 2.07 bits per heavy atom. The third kappa shape index (κ3) is 2.22. The Labute approximate surface area is 88.2 Å². The molecule has 0 saturated heterocycles. The van der Waals surface area contributed by atoms with E-state index in [4.69, 9.17) is 5.73 Å². The number of nitrogens with one attached hydrogen (secondary N) is 1. The Kier molecular flexibility index (Phi) is 2.49. The summed E-state index contributed by atoms with van der Waals surface area (Å²) in [6.07, 6.45) is 3.44. The van der Waals surface area contributed by atoms with Crippen molar-refractivity contribution in [1.29, 1.82) is 0 Å². The van der Waals surface area contributed by atoms with E-state index in [1.165, 1.54) is 0 Å². The number of pyridine rings is 2. The first-order valence-corrected chi connectivity index (χ1v) is 4.66. The molecule has 0 fully saturated rings. The van der Waals surface area contributed by atoms with Crippen LogP contribution >= 0.6 is 0 Å². The van der Waals surface area contributed by atoms with Crippen LogP contribution in [0, 0.1) is 6.92 Å². The zero-order chi connectivity index (χ0) is 10.7. The van der Waals surface area contributed by atoms with Gasteiger partial charge in [0.25, 0.3) is 0 Å². The minimum absolute atomic E-state index is 0.501. The number of rotatable bonds is 2. The average molecular weight is 200 g/mol. The molecular formula is C11H12N4. The van der Waals surface area contributed by atoms with Crippen molar-refractivity contribution in [3.8, 4) is 0 Å². The van der Waals surface area contributed by atoms with E-state index in [9.17, 15) is 0 Å². The highest BCUT2D eigenvalue weighted by Gasteiger charge is 1.98. The highest BCUT2D eigenvalue weighted by atomic mass is 14.9. The fraction of sp³-hybridized carbons (Fsp3) is 0.0909. The van der Waals surface area contributed by atoms with Gasteiger partial charge in [0, 0.05) is 24.1 Å². The van der Waals surface area contributed by atoms with Crippen molar-refractivity contribution in [3.05, 3.63) is 42.4 Å². The molecule has 2 rings (SSSR count). The smallest absolute Gasteiger partial charge is 0.125 e. The van der Waals surface area contributed by atoms with Gasteiger partial charge in [-0.3, -0.25) is 4.98 Å². The fourth-order valence-electron chi connectivity index (χ4n) is 1.30. The van der Waals surface area contributed by atoms with E-state index in [1.54, 1.807) is 18.5 Å². The van der Waals surface area contributed by atoms with Gasteiger partial charge in [-0.25, -0.2) is 4.98 Å². The zero-order valence-electron chi connectivity index (χ0n) is 8.44. The maximum atomic E-state index is 5.58. The second kappa shape index (κ2) is 3.96. The second-order valence-electron chi connectivity index (χ2n) is 3.23. The number of nitrogens with two attached hydrogens (primary N) is 1. The van der Waals surface area contributed by atoms with Gasteiger partial charge in [-0.1, -0.05) is 0 Å². The lowest BCUT2D eigenvalue weighted by Gasteiger charge is -2.08. The van der Waals surface area contributed by atoms with Crippen LogP contribution in [0.5, 0.6) is 0 Å². The lowest BCUT2D eigenvalue weighted by atomic mass is 10.3. The summed E-state index contributed by atoms with van der Waals surface area (Å²) in [6.45, 7) is 1.95. The third-order valence-electron chi connectivity index (χ3n) is 2.07. The minimum Gasteiger partial charge on any atom is -0.384 e. The molecular weight excluding hydrogens is 188 g/mol. The monoisotopic (exact) mass is 200 g/mol. The predicted octanol–water partition coefficient (Wildman–Crippen LogP) is 2.11. The predicted molar refractivity (Wildman–Crippen MR) is 60.9 cm³/mol. The summed E-state index contributed by atoms with van der Waals surface area (Å²) in [7, 11) is 0. The number of nitrogen functional groups attached to an aromatic ring is 1. The Morgan fingerprint density at radius 3 is 2.80 bits per heavy atom. The van der Waals surface area contributed by atoms with E-state index >= 15 is 0 Å². The Balaban J connectivity index is 2.26. The molecule has 0 amide bonds. The van der Waals surface area contributed by atoms with Crippen LogP contribution in [-0.2, 0) is 0 Å². The SMILES string of the molecule is Cc1ncccc1Nc1ccnc(N)c1. The first-order valence-electron chi connectivity index (χ1n) is 4.66. The first kappa shape index (κ1) is 9.45. The van der Waals surface area contributed by atoms with Crippen molar-refractivity contribution in [2.75, 3.05) is 11.1 Å². The van der Waals surface area contributed by atoms with Crippen molar-refractivity contribution in [2.24, 2.45) is 0 Å². The van der Waals surface area contributed by atoms with Crippen LogP contribution in [0.4, 0.5) is 17.2 Å². The third-order valence-corrected chi connectivity index (χ3v) is 2.07. The average Bonchev–Trinajstić information content (AvgIpc) is 2.22. The van der Waals surface area contributed by atoms with Gasteiger partial charge in [-0.05, 0) is 25.1 Å². The van der Waals surface area contributed by atoms with E-state index in [2.05, 4.69) is 15.3 Å². The van der Waals surface area contributed by atoms with Gasteiger partial charge in [-0.2, -0.15) is 0 Å². The maximum absolute atomic E-state index is 5.58. The molecule has 0 saturated carbocycles. The van der Waals surface area contributed by atoms with Gasteiger partial charge in [0.15, 0.2) is 0 Å². The molecule has 0 aliphatic carbocycles. The molecule has 4 heteroatoms. The Bertz CT molecular complexity index is 468. The molecule has 15 heavy (non-hydrogen) atoms. The lowest BCUT2D eigenvalue weighted by molar-refractivity contribution is 1.20. The van der Waals surface area contributed by atoms with Gasteiger partial charge >= 0.3 is 0 Å². The van der Waals surface area contributed by atoms with Crippen molar-refractivity contribution >= 4 is 17.2 Å². The molecule has 0 aliphatic rings. The van der Waals surface area contributed by atoms with Crippen LogP contribution in [-0.4, -0.2) is 9.97 Å². The Hall–Kier alpha value is -2.10. The molecule has 2 aromatic heterocycles. The molecule has 0 spiro atoms. The van der Waals surface area contributed by atoms with Gasteiger partial charge < -0.3 is 11.1 Å². The van der Waals surface area contributed by atoms with E-state index in [0.29, 0.717) is 5.82 Å². The quantitative estimate of drug-likeness (QED) is 0.779. The number of aromatic nitrogens is 2. The molecule has 0 bridgehead atoms. The molecule has 0 unspecified atom stereocenters. The molecule has 0 aromatic carbocycles. The summed E-state index contributed by atoms with van der Waals surface area (Å²) in [4.78, 5) is 8.11. The number of aryl methyl sites for hydroxylation is 1. The molecule has 0 radical (unpaired) electrons. The minimum atomic E-state index is 0.501. The molecule has 4 nitrogen and oxygen atoms in total. The molecule has 0 atom stereocenters. The molecule has 0 aliphatic heterocycles. The zero-order valence-corrected chi connectivity index (χ0v) is 8.44. The van der Waals surface area contributed by atoms with Crippen LogP contribution in [0.1, 0.15) is 5.69 Å². The summed E-state index contributed by atoms with van der Waals surface area (Å²) >= 11 is 0. The largest absolute Gasteiger partial charge is 0.384 e. The molecule has 2 aromatic rings. The van der Waals surface area contributed by atoms with E-state index in [-0.39, 0.29) is 0 Å². The van der Waals surface area contributed by atoms with E-state index < -0.39 is 0 Å². The number of anilines is 3. The maximum Gasteiger partial charge on any atom is 0.125 e. The van der Waals surface area contributed by atoms with Gasteiger partial charge in [-0.15, -0.1) is 0 Å². The van der Waals surface area contributed by atoms with Crippen LogP contribution in [0.2, 0.25) is 0 Å². The van der Waals surface area contributed by atoms with Crippen LogP contribution in [0.15, 0.2) is 36.7 Å². The van der Waals surface area contributed by atoms with Crippen LogP contribution < -0.4 is 11.1 Å². The van der Waals surface area contributed by atoms with Crippen molar-refractivity contribution < 1.29 is 0 Å². The molecule has 2 heterocycles. The standard InChI is InChI=1S/C11H12N4/c1-8-10(3-2-5-13-8)15-9-4-6-14-11(12)7-9/h2-7H,1H3,(H3,12,14,15). The summed E-state index contributed by atoms with van der Waals surface area (Å²) in [6, 6.07) is 7.51. The summed E-state index contributed by atoms with van der Waals surface area (Å²) in [5.74, 6) is 0.501. The van der Waals surface area contributed by atoms with Crippen molar-refractivity contribution in [2.45, 2.75) is 6.92 Å². The van der Waals surface area contributed by atoms with E-state index in [1.807, 2.05) is 25.1 Å². The summed E-state index contributed by atoms with van der Waals surface area (Å²) in [5.41, 5.74) is 8.43. The highest BCUT2D eigenvalue weighted by Crippen LogP contribution is 2.18. The fourth-order valence-corrected chi connectivity index (χ4v) is 1.30. The van der Waals surface area contributed by atoms with E-state index in [0.717, 1.165) is 17.1 Å². The first-order chi connectivity index (χ1) is 7.25. The van der Waals surface area contributed by atoms with Gasteiger partial charge in [0.2, 0.25) is 0 Å². The number of hydrogen-bond acceptors (Lipinski definition) is 4. The number of hydrogen-bond donors (Lipinski definition) is 2. The number of nitrogens with zero attached hydrogens (tertiary/aromatic N) is 2. The normalized spacial score (nSPS) is 9.93. The topological polar surface area (TPSA) is 63.8 Å². The van der Waals surface area contributed by atoms with Gasteiger partial charge in [0.05, 0.1) is 11.4 Å². The lowest BCUT2D eigenvalue weighted by Crippen LogP contribution is -1.96. The summed E-state index contributed by atoms with van der Waals surface area (Å²) in [5, 5.41) is 3.23. The summed E-state index contributed by atoms with van der Waals surface area (Å²) < 4.78 is 0. The van der Waals surface area contributed by atoms with Crippen molar-refractivity contribution in [3.63, 3.8) is 0 Å². The molecule has 3 N–H and O–H groups in total. The van der Waals surface area contributed by atoms with Gasteiger partial charge in [0.1, 0.15) is 5.82 Å².